The average molecular weight is 273 g/mol. The van der Waals surface area contributed by atoms with Crippen molar-refractivity contribution in [2.45, 2.75) is 6.18 Å². The molecule has 0 radical (unpaired) electrons. The molecular formula is C9H5Cl2F3O2. The van der Waals surface area contributed by atoms with Crippen molar-refractivity contribution in [1.82, 2.24) is 0 Å². The van der Waals surface area contributed by atoms with Gasteiger partial charge < -0.3 is 4.74 Å². The summed E-state index contributed by atoms with van der Waals surface area (Å²) in [4.78, 5) is 11.0. The molecule has 1 rings (SSSR count). The van der Waals surface area contributed by atoms with E-state index in [1.54, 1.807) is 0 Å². The van der Waals surface area contributed by atoms with E-state index in [4.69, 9.17) is 23.2 Å². The molecule has 2 nitrogen and oxygen atoms in total. The third kappa shape index (κ3) is 2.59. The molecule has 0 saturated heterocycles. The fourth-order valence-electron chi connectivity index (χ4n) is 1.09. The standard InChI is InChI=1S/C9H5Cl2F3O2/c1-16-7-5(8(15)9(12,13)14)2-4(10)3-6(7)11/h2-3H,1H3. The van der Waals surface area contributed by atoms with Gasteiger partial charge in [-0.05, 0) is 12.1 Å². The van der Waals surface area contributed by atoms with Crippen LogP contribution in [-0.2, 0) is 0 Å². The fraction of sp³-hybridized carbons (Fsp3) is 0.222. The molecule has 0 aliphatic heterocycles. The number of ether oxygens (including phenoxy) is 1. The Bertz CT molecular complexity index is 429. The van der Waals surface area contributed by atoms with Gasteiger partial charge >= 0.3 is 6.18 Å². The molecule has 0 heterocycles. The zero-order valence-corrected chi connectivity index (χ0v) is 9.37. The topological polar surface area (TPSA) is 26.3 Å². The van der Waals surface area contributed by atoms with E-state index in [0.717, 1.165) is 13.2 Å². The van der Waals surface area contributed by atoms with Crippen LogP contribution in [0.3, 0.4) is 0 Å². The second-order valence-corrected chi connectivity index (χ2v) is 3.64. The van der Waals surface area contributed by atoms with Crippen molar-refractivity contribution >= 4 is 29.0 Å². The lowest BCUT2D eigenvalue weighted by atomic mass is 10.1. The molecule has 0 saturated carbocycles. The number of carbonyl (C=O) groups excluding carboxylic acids is 1. The minimum absolute atomic E-state index is 0.0709. The molecule has 1 aromatic carbocycles. The molecule has 0 aliphatic rings. The van der Waals surface area contributed by atoms with Crippen LogP contribution in [0.2, 0.25) is 10.0 Å². The van der Waals surface area contributed by atoms with Crippen LogP contribution in [0.4, 0.5) is 13.2 Å². The molecule has 0 N–H and O–H groups in total. The Morgan fingerprint density at radius 1 is 1.31 bits per heavy atom. The maximum absolute atomic E-state index is 12.2. The van der Waals surface area contributed by atoms with Gasteiger partial charge in [0.2, 0.25) is 0 Å². The van der Waals surface area contributed by atoms with Gasteiger partial charge in [-0.2, -0.15) is 13.2 Å². The van der Waals surface area contributed by atoms with E-state index in [2.05, 4.69) is 4.74 Å². The number of hydrogen-bond acceptors (Lipinski definition) is 2. The number of carbonyl (C=O) groups is 1. The molecule has 0 bridgehead atoms. The lowest BCUT2D eigenvalue weighted by molar-refractivity contribution is -0.0886. The summed E-state index contributed by atoms with van der Waals surface area (Å²) in [5.74, 6) is -2.39. The Morgan fingerprint density at radius 2 is 1.88 bits per heavy atom. The molecule has 0 atom stereocenters. The summed E-state index contributed by atoms with van der Waals surface area (Å²) >= 11 is 11.1. The molecule has 0 fully saturated rings. The van der Waals surface area contributed by atoms with Crippen LogP contribution in [-0.4, -0.2) is 19.1 Å². The molecule has 1 aromatic rings. The van der Waals surface area contributed by atoms with E-state index in [0.29, 0.717) is 0 Å². The summed E-state index contributed by atoms with van der Waals surface area (Å²) in [7, 11) is 1.11. The van der Waals surface area contributed by atoms with Crippen molar-refractivity contribution in [3.63, 3.8) is 0 Å². The summed E-state index contributed by atoms with van der Waals surface area (Å²) < 4.78 is 41.3. The van der Waals surface area contributed by atoms with Crippen LogP contribution >= 0.6 is 23.2 Å². The number of hydrogen-bond donors (Lipinski definition) is 0. The third-order valence-electron chi connectivity index (χ3n) is 1.71. The largest absolute Gasteiger partial charge is 0.494 e. The zero-order chi connectivity index (χ0) is 12.5. The number of ketones is 1. The van der Waals surface area contributed by atoms with Gasteiger partial charge in [-0.1, -0.05) is 23.2 Å². The molecule has 0 amide bonds. The van der Waals surface area contributed by atoms with Crippen molar-refractivity contribution in [2.75, 3.05) is 7.11 Å². The van der Waals surface area contributed by atoms with Crippen molar-refractivity contribution in [1.29, 1.82) is 0 Å². The summed E-state index contributed by atoms with van der Waals surface area (Å²) in [6.45, 7) is 0. The van der Waals surface area contributed by atoms with E-state index in [1.807, 2.05) is 0 Å². The van der Waals surface area contributed by atoms with Crippen LogP contribution < -0.4 is 4.74 Å². The highest BCUT2D eigenvalue weighted by Crippen LogP contribution is 2.35. The van der Waals surface area contributed by atoms with Crippen LogP contribution in [0.5, 0.6) is 5.75 Å². The molecule has 7 heteroatoms. The van der Waals surface area contributed by atoms with E-state index in [1.165, 1.54) is 6.07 Å². The van der Waals surface area contributed by atoms with Gasteiger partial charge in [0.15, 0.2) is 0 Å². The van der Waals surface area contributed by atoms with Gasteiger partial charge in [0, 0.05) is 5.02 Å². The van der Waals surface area contributed by atoms with Gasteiger partial charge in [-0.15, -0.1) is 0 Å². The molecule has 0 aromatic heterocycles. The fourth-order valence-corrected chi connectivity index (χ4v) is 1.66. The normalized spacial score (nSPS) is 11.4. The van der Waals surface area contributed by atoms with E-state index in [-0.39, 0.29) is 15.8 Å². The maximum atomic E-state index is 12.2. The molecule has 0 spiro atoms. The summed E-state index contributed by atoms with van der Waals surface area (Å²) in [6, 6.07) is 2.05. The minimum atomic E-state index is -5.00. The first kappa shape index (κ1) is 13.1. The predicted octanol–water partition coefficient (Wildman–Crippen LogP) is 3.75. The first-order valence-corrected chi connectivity index (χ1v) is 4.67. The van der Waals surface area contributed by atoms with Gasteiger partial charge in [0.05, 0.1) is 17.7 Å². The highest BCUT2D eigenvalue weighted by atomic mass is 35.5. The van der Waals surface area contributed by atoms with Crippen LogP contribution in [0.1, 0.15) is 10.4 Å². The Kier molecular flexibility index (Phi) is 3.70. The second kappa shape index (κ2) is 4.51. The van der Waals surface area contributed by atoms with E-state index < -0.39 is 17.5 Å². The minimum Gasteiger partial charge on any atom is -0.494 e. The van der Waals surface area contributed by atoms with Crippen LogP contribution in [0.25, 0.3) is 0 Å². The van der Waals surface area contributed by atoms with Crippen LogP contribution in [0.15, 0.2) is 12.1 Å². The SMILES string of the molecule is COc1c(Cl)cc(Cl)cc1C(=O)C(F)(F)F. The molecule has 0 aliphatic carbocycles. The highest BCUT2D eigenvalue weighted by molar-refractivity contribution is 6.36. The maximum Gasteiger partial charge on any atom is 0.455 e. The summed E-state index contributed by atoms with van der Waals surface area (Å²) in [6.07, 6.45) is -5.00. The number of Topliss-reactive ketones (excluding diaryl/α,β-unsaturated/α-hetero) is 1. The van der Waals surface area contributed by atoms with Crippen LogP contribution in [0, 0.1) is 0 Å². The lowest BCUT2D eigenvalue weighted by Crippen LogP contribution is -2.23. The molecule has 88 valence electrons. The molecule has 16 heavy (non-hydrogen) atoms. The first-order chi connectivity index (χ1) is 7.27. The highest BCUT2D eigenvalue weighted by Gasteiger charge is 2.41. The lowest BCUT2D eigenvalue weighted by Gasteiger charge is -2.11. The van der Waals surface area contributed by atoms with Gasteiger partial charge in [-0.25, -0.2) is 0 Å². The van der Waals surface area contributed by atoms with Crippen molar-refractivity contribution in [3.8, 4) is 5.75 Å². The van der Waals surface area contributed by atoms with Crippen molar-refractivity contribution < 1.29 is 22.7 Å². The van der Waals surface area contributed by atoms with Gasteiger partial charge in [0.1, 0.15) is 5.75 Å². The number of methoxy groups -OCH3 is 1. The van der Waals surface area contributed by atoms with Crippen molar-refractivity contribution in [2.24, 2.45) is 0 Å². The Morgan fingerprint density at radius 3 is 2.31 bits per heavy atom. The molecule has 0 unspecified atom stereocenters. The zero-order valence-electron chi connectivity index (χ0n) is 7.86. The summed E-state index contributed by atoms with van der Waals surface area (Å²) in [5, 5.41) is -0.221. The quantitative estimate of drug-likeness (QED) is 0.767. The molecular weight excluding hydrogens is 268 g/mol. The van der Waals surface area contributed by atoms with Gasteiger partial charge in [0.25, 0.3) is 5.78 Å². The average Bonchev–Trinajstić information content (AvgIpc) is 2.14. The van der Waals surface area contributed by atoms with E-state index in [9.17, 15) is 18.0 Å². The number of rotatable bonds is 2. The number of benzene rings is 1. The Labute approximate surface area is 98.9 Å². The number of alkyl halides is 3. The smallest absolute Gasteiger partial charge is 0.455 e. The Balaban J connectivity index is 3.38. The number of halogens is 5. The van der Waals surface area contributed by atoms with Crippen molar-refractivity contribution in [3.05, 3.63) is 27.7 Å². The van der Waals surface area contributed by atoms with E-state index >= 15 is 0 Å². The third-order valence-corrected chi connectivity index (χ3v) is 2.21. The summed E-state index contributed by atoms with van der Waals surface area (Å²) in [5.41, 5.74) is -0.701. The predicted molar refractivity (Wildman–Crippen MR) is 53.4 cm³/mol. The monoisotopic (exact) mass is 272 g/mol. The van der Waals surface area contributed by atoms with Gasteiger partial charge in [-0.3, -0.25) is 4.79 Å². The first-order valence-electron chi connectivity index (χ1n) is 3.92. The second-order valence-electron chi connectivity index (χ2n) is 2.80. The Hall–Kier alpha value is -0.940.